The van der Waals surface area contributed by atoms with Gasteiger partial charge in [0.2, 0.25) is 0 Å². The highest BCUT2D eigenvalue weighted by atomic mass is 32.1. The van der Waals surface area contributed by atoms with E-state index in [0.717, 1.165) is 14.8 Å². The van der Waals surface area contributed by atoms with Crippen LogP contribution in [-0.4, -0.2) is 14.5 Å². The van der Waals surface area contributed by atoms with E-state index < -0.39 is 78.6 Å². The summed E-state index contributed by atoms with van der Waals surface area (Å²) in [6, 6.07) is 16.1. The molecule has 4 heteroatoms. The van der Waals surface area contributed by atoms with Crippen LogP contribution in [0.1, 0.15) is 17.8 Å². The van der Waals surface area contributed by atoms with Gasteiger partial charge in [-0.3, -0.25) is 0 Å². The zero-order valence-electron chi connectivity index (χ0n) is 35.7. The lowest BCUT2D eigenvalue weighted by molar-refractivity contribution is 1.18. The van der Waals surface area contributed by atoms with Crippen LogP contribution in [-0.2, 0) is 0 Å². The van der Waals surface area contributed by atoms with Crippen LogP contribution in [0, 0.1) is 0 Å². The van der Waals surface area contributed by atoms with E-state index in [4.69, 9.17) is 27.8 Å². The fraction of sp³-hybridized carbons (Fsp3) is 0. The van der Waals surface area contributed by atoms with E-state index in [9.17, 15) is 0 Å². The van der Waals surface area contributed by atoms with E-state index >= 15 is 0 Å². The summed E-state index contributed by atoms with van der Waals surface area (Å²) in [6.45, 7) is 0. The number of aromatic nitrogens is 3. The molecule has 0 bridgehead atoms. The average Bonchev–Trinajstić information content (AvgIpc) is 3.79. The van der Waals surface area contributed by atoms with E-state index in [1.54, 1.807) is 18.2 Å². The van der Waals surface area contributed by atoms with E-state index in [0.29, 0.717) is 33.6 Å². The highest BCUT2D eigenvalue weighted by molar-refractivity contribution is 7.26. The number of rotatable bonds is 4. The van der Waals surface area contributed by atoms with Gasteiger partial charge in [0.1, 0.15) is 0 Å². The predicted molar refractivity (Wildman–Crippen MR) is 186 cm³/mol. The van der Waals surface area contributed by atoms with Gasteiger partial charge < -0.3 is 4.57 Å². The Bertz CT molecular complexity index is 3140. The van der Waals surface area contributed by atoms with E-state index in [2.05, 4.69) is 0 Å². The van der Waals surface area contributed by atoms with Crippen molar-refractivity contribution < 1.29 is 17.8 Å². The van der Waals surface area contributed by atoms with Gasteiger partial charge in [0, 0.05) is 37.7 Å². The molecule has 0 amide bonds. The molecule has 0 aliphatic rings. The highest BCUT2D eigenvalue weighted by Gasteiger charge is 2.17. The lowest BCUT2D eigenvalue weighted by atomic mass is 10.0. The monoisotopic (exact) mass is 592 g/mol. The number of hydrogen-bond donors (Lipinski definition) is 0. The number of thiophene rings is 1. The van der Waals surface area contributed by atoms with Gasteiger partial charge in [-0.05, 0) is 47.5 Å². The Labute approximate surface area is 276 Å². The second-order valence-corrected chi connectivity index (χ2v) is 11.1. The molecule has 3 heterocycles. The van der Waals surface area contributed by atoms with E-state index in [1.807, 2.05) is 54.6 Å². The van der Waals surface area contributed by atoms with Crippen molar-refractivity contribution >= 4 is 53.4 Å². The molecular weight excluding hydrogens is 555 g/mol. The molecule has 0 spiro atoms. The van der Waals surface area contributed by atoms with Gasteiger partial charge in [-0.2, -0.15) is 0 Å². The maximum absolute atomic E-state index is 8.89. The Morgan fingerprint density at radius 3 is 2.00 bits per heavy atom. The molecule has 0 N–H and O–H groups in total. The molecule has 0 unspecified atom stereocenters. The van der Waals surface area contributed by atoms with Gasteiger partial charge in [0.05, 0.1) is 44.8 Å². The number of nitrogens with zero attached hydrogens (tertiary/aromatic N) is 3. The van der Waals surface area contributed by atoms with E-state index in [1.165, 1.54) is 15.9 Å². The first-order valence-electron chi connectivity index (χ1n) is 20.2. The summed E-state index contributed by atoms with van der Waals surface area (Å²) in [4.78, 5) is 9.68. The summed E-state index contributed by atoms with van der Waals surface area (Å²) in [5, 5.41) is 0.795. The van der Waals surface area contributed by atoms with Gasteiger partial charge in [0.15, 0.2) is 5.82 Å². The van der Waals surface area contributed by atoms with Crippen molar-refractivity contribution in [2.24, 2.45) is 0 Å². The van der Waals surface area contributed by atoms with Crippen molar-refractivity contribution in [3.8, 4) is 39.5 Å². The molecule has 9 aromatic rings. The second kappa shape index (κ2) is 10.0. The third kappa shape index (κ3) is 3.96. The summed E-state index contributed by atoms with van der Waals surface area (Å²) in [6.07, 6.45) is 0. The van der Waals surface area contributed by atoms with Gasteiger partial charge in [0.25, 0.3) is 0 Å². The zero-order valence-corrected chi connectivity index (χ0v) is 23.5. The molecule has 3 nitrogen and oxygen atoms in total. The molecule has 0 atom stereocenters. The van der Waals surface area contributed by atoms with Crippen molar-refractivity contribution in [2.75, 3.05) is 0 Å². The standard InChI is InChI=1S/C40H25N3S/c1-2-12-26(13-3-1)40-41-37(39-38(42-40)33-20-6-9-23-36(33)44-39)29-16-10-14-27(24-29)28-15-11-17-30(25-28)43-34-21-7-4-18-31(34)32-19-5-8-22-35(32)43/h1-25H/i1D,2D,3D,4D,5D,7D,8D,12D,13D,18D,19D,21D,22D. The summed E-state index contributed by atoms with van der Waals surface area (Å²) in [7, 11) is 0. The topological polar surface area (TPSA) is 30.7 Å². The van der Waals surface area contributed by atoms with Gasteiger partial charge in [-0.1, -0.05) is 115 Å². The lowest BCUT2D eigenvalue weighted by Crippen LogP contribution is -1.95. The Kier molecular flexibility index (Phi) is 3.47. The quantitative estimate of drug-likeness (QED) is 0.203. The molecule has 0 saturated carbocycles. The van der Waals surface area contributed by atoms with Crippen LogP contribution in [0.15, 0.2) is 151 Å². The van der Waals surface area contributed by atoms with Crippen LogP contribution in [0.4, 0.5) is 0 Å². The zero-order chi connectivity index (χ0) is 40.3. The molecular formula is C40H25N3S. The number of benzene rings is 6. The van der Waals surface area contributed by atoms with E-state index in [-0.39, 0.29) is 33.2 Å². The Morgan fingerprint density at radius 1 is 0.545 bits per heavy atom. The Morgan fingerprint density at radius 2 is 1.20 bits per heavy atom. The molecule has 0 aliphatic carbocycles. The molecule has 0 aliphatic heterocycles. The maximum Gasteiger partial charge on any atom is 0.160 e. The SMILES string of the molecule is [2H]c1c([2H])c([2H])c(-c2nc(-c3cccc(-c4cccc(-n5c6c([2H])c([2H])c([2H])c([2H])c6c6c([2H])c([2H])c([2H])c([2H])c65)c4)c3)c3sc4ccccc4c3n2)c([2H])c1[2H]. The molecule has 9 rings (SSSR count). The molecule has 3 aromatic heterocycles. The van der Waals surface area contributed by atoms with Crippen molar-refractivity contribution in [2.45, 2.75) is 0 Å². The fourth-order valence-corrected chi connectivity index (χ4v) is 6.76. The molecule has 206 valence electrons. The molecule has 0 radical (unpaired) electrons. The van der Waals surface area contributed by atoms with Crippen molar-refractivity contribution in [3.63, 3.8) is 0 Å². The number of para-hydroxylation sites is 2. The van der Waals surface area contributed by atoms with Crippen molar-refractivity contribution in [1.29, 1.82) is 0 Å². The van der Waals surface area contributed by atoms with Crippen LogP contribution in [0.2, 0.25) is 0 Å². The average molecular weight is 593 g/mol. The Hall–Kier alpha value is -5.58. The van der Waals surface area contributed by atoms with Crippen LogP contribution in [0.25, 0.3) is 81.6 Å². The van der Waals surface area contributed by atoms with Crippen molar-refractivity contribution in [1.82, 2.24) is 14.5 Å². The first kappa shape index (κ1) is 15.2. The van der Waals surface area contributed by atoms with Crippen molar-refractivity contribution in [3.05, 3.63) is 151 Å². The maximum atomic E-state index is 8.89. The van der Waals surface area contributed by atoms with Crippen LogP contribution < -0.4 is 0 Å². The third-order valence-electron chi connectivity index (χ3n) is 7.55. The largest absolute Gasteiger partial charge is 0.309 e. The summed E-state index contributed by atoms with van der Waals surface area (Å²) < 4.78 is 114. The van der Waals surface area contributed by atoms with Gasteiger partial charge in [-0.25, -0.2) is 9.97 Å². The number of hydrogen-bond acceptors (Lipinski definition) is 3. The minimum Gasteiger partial charge on any atom is -0.309 e. The Balaban J connectivity index is 1.28. The van der Waals surface area contributed by atoms with Gasteiger partial charge in [-0.15, -0.1) is 11.3 Å². The second-order valence-electron chi connectivity index (χ2n) is 10.1. The van der Waals surface area contributed by atoms with Crippen LogP contribution in [0.5, 0.6) is 0 Å². The molecule has 0 saturated heterocycles. The predicted octanol–water partition coefficient (Wildman–Crippen LogP) is 10.9. The number of fused-ring (bicyclic) bond motifs is 6. The smallest absolute Gasteiger partial charge is 0.160 e. The molecule has 44 heavy (non-hydrogen) atoms. The fourth-order valence-electron chi connectivity index (χ4n) is 5.61. The van der Waals surface area contributed by atoms with Crippen LogP contribution in [0.3, 0.4) is 0 Å². The van der Waals surface area contributed by atoms with Crippen LogP contribution >= 0.6 is 11.3 Å². The first-order chi connectivity index (χ1) is 27.2. The minimum atomic E-state index is -0.521. The highest BCUT2D eigenvalue weighted by Crippen LogP contribution is 2.40. The first-order valence-corrected chi connectivity index (χ1v) is 14.5. The normalized spacial score (nSPS) is 15.8. The molecule has 0 fully saturated rings. The summed E-state index contributed by atoms with van der Waals surface area (Å²) in [5.74, 6) is -0.0223. The summed E-state index contributed by atoms with van der Waals surface area (Å²) in [5.41, 5.74) is 3.37. The minimum absolute atomic E-state index is 0.0126. The summed E-state index contributed by atoms with van der Waals surface area (Å²) >= 11 is 1.47. The molecule has 6 aromatic carbocycles. The lowest BCUT2D eigenvalue weighted by Gasteiger charge is -2.12. The third-order valence-corrected chi connectivity index (χ3v) is 8.72. The van der Waals surface area contributed by atoms with Gasteiger partial charge >= 0.3 is 0 Å².